The second-order valence-electron chi connectivity index (χ2n) is 7.74. The van der Waals surface area contributed by atoms with E-state index in [1.54, 1.807) is 18.4 Å². The second-order valence-corrected chi connectivity index (χ2v) is 8.69. The van der Waals surface area contributed by atoms with Crippen molar-refractivity contribution >= 4 is 33.8 Å². The number of ether oxygens (including phenoxy) is 1. The topological polar surface area (TPSA) is 78.3 Å². The van der Waals surface area contributed by atoms with Gasteiger partial charge in [-0.1, -0.05) is 6.92 Å². The fourth-order valence-corrected chi connectivity index (χ4v) is 4.28. The molecule has 0 spiro atoms. The summed E-state index contributed by atoms with van der Waals surface area (Å²) in [6.07, 6.45) is 8.21. The second kappa shape index (κ2) is 8.37. The van der Waals surface area contributed by atoms with Gasteiger partial charge >= 0.3 is 0 Å². The SMILES string of the molecule is COc1ccsc1C(C)CN=C(C)C=C(N)c1cnc2c(cnn2CC2CC2)c1. The maximum atomic E-state index is 6.33. The molecule has 7 heteroatoms. The van der Waals surface area contributed by atoms with Crippen molar-refractivity contribution < 1.29 is 4.74 Å². The van der Waals surface area contributed by atoms with Gasteiger partial charge < -0.3 is 10.5 Å². The fourth-order valence-electron chi connectivity index (χ4n) is 3.36. The Hall–Kier alpha value is -2.67. The van der Waals surface area contributed by atoms with Crippen molar-refractivity contribution in [1.29, 1.82) is 0 Å². The number of aliphatic imine (C=N–C) groups is 1. The highest BCUT2D eigenvalue weighted by Crippen LogP contribution is 2.32. The van der Waals surface area contributed by atoms with E-state index in [9.17, 15) is 0 Å². The minimum atomic E-state index is 0.296. The molecule has 0 amide bonds. The Balaban J connectivity index is 1.46. The van der Waals surface area contributed by atoms with Crippen LogP contribution in [0.2, 0.25) is 0 Å². The molecule has 1 fully saturated rings. The molecule has 0 bridgehead atoms. The van der Waals surface area contributed by atoms with Crippen molar-refractivity contribution in [3.8, 4) is 5.75 Å². The lowest BCUT2D eigenvalue weighted by Crippen LogP contribution is -2.04. The van der Waals surface area contributed by atoms with Gasteiger partial charge in [0, 0.05) is 47.6 Å². The molecule has 0 aliphatic heterocycles. The van der Waals surface area contributed by atoms with Crippen LogP contribution in [-0.4, -0.2) is 34.1 Å². The molecule has 6 nitrogen and oxygen atoms in total. The highest BCUT2D eigenvalue weighted by Gasteiger charge is 2.23. The van der Waals surface area contributed by atoms with E-state index in [0.29, 0.717) is 18.2 Å². The number of thiophene rings is 1. The zero-order chi connectivity index (χ0) is 20.4. The largest absolute Gasteiger partial charge is 0.496 e. The third-order valence-corrected chi connectivity index (χ3v) is 6.37. The maximum absolute atomic E-state index is 6.33. The molecule has 1 atom stereocenters. The number of rotatable bonds is 8. The van der Waals surface area contributed by atoms with E-state index >= 15 is 0 Å². The summed E-state index contributed by atoms with van der Waals surface area (Å²) >= 11 is 1.70. The number of pyridine rings is 1. The molecule has 3 aromatic rings. The van der Waals surface area contributed by atoms with Gasteiger partial charge in [-0.15, -0.1) is 11.3 Å². The van der Waals surface area contributed by atoms with Crippen LogP contribution >= 0.6 is 11.3 Å². The van der Waals surface area contributed by atoms with Gasteiger partial charge in [0.25, 0.3) is 0 Å². The van der Waals surface area contributed by atoms with Gasteiger partial charge in [0.1, 0.15) is 5.75 Å². The first kappa shape index (κ1) is 19.6. The minimum absolute atomic E-state index is 0.296. The maximum Gasteiger partial charge on any atom is 0.157 e. The number of nitrogens with zero attached hydrogens (tertiary/aromatic N) is 4. The molecule has 4 rings (SSSR count). The molecule has 1 saturated carbocycles. The highest BCUT2D eigenvalue weighted by atomic mass is 32.1. The van der Waals surface area contributed by atoms with Crippen LogP contribution in [-0.2, 0) is 6.54 Å². The van der Waals surface area contributed by atoms with Gasteiger partial charge in [-0.25, -0.2) is 9.67 Å². The van der Waals surface area contributed by atoms with Crippen molar-refractivity contribution in [2.24, 2.45) is 16.6 Å². The van der Waals surface area contributed by atoms with E-state index in [-0.39, 0.29) is 0 Å². The third-order valence-electron chi connectivity index (χ3n) is 5.24. The number of fused-ring (bicyclic) bond motifs is 1. The Morgan fingerprint density at radius 3 is 3.03 bits per heavy atom. The van der Waals surface area contributed by atoms with Crippen LogP contribution in [0, 0.1) is 5.92 Å². The monoisotopic (exact) mass is 409 g/mol. The van der Waals surface area contributed by atoms with Gasteiger partial charge in [-0.3, -0.25) is 4.99 Å². The van der Waals surface area contributed by atoms with Crippen LogP contribution in [0.1, 0.15) is 43.0 Å². The molecular formula is C22H27N5OS. The molecule has 3 heterocycles. The molecule has 3 aromatic heterocycles. The van der Waals surface area contributed by atoms with E-state index in [1.165, 1.54) is 17.7 Å². The third kappa shape index (κ3) is 4.50. The van der Waals surface area contributed by atoms with E-state index in [0.717, 1.165) is 40.5 Å². The lowest BCUT2D eigenvalue weighted by molar-refractivity contribution is 0.410. The lowest BCUT2D eigenvalue weighted by Gasteiger charge is -2.09. The standard InChI is InChI=1S/C22H27N5OS/c1-14(21-20(28-3)6-7-29-21)10-24-15(2)8-19(23)17-9-18-12-26-27(13-16-4-5-16)22(18)25-11-17/h6-9,11-12,14,16H,4-5,10,13,23H2,1-3H3. The molecule has 0 aromatic carbocycles. The predicted molar refractivity (Wildman–Crippen MR) is 120 cm³/mol. The summed E-state index contributed by atoms with van der Waals surface area (Å²) in [7, 11) is 1.71. The van der Waals surface area contributed by atoms with Crippen LogP contribution < -0.4 is 10.5 Å². The molecule has 29 heavy (non-hydrogen) atoms. The Labute approximate surface area is 175 Å². The number of hydrogen-bond acceptors (Lipinski definition) is 6. The van der Waals surface area contributed by atoms with Crippen LogP contribution in [0.15, 0.2) is 41.0 Å². The number of methoxy groups -OCH3 is 1. The number of aromatic nitrogens is 3. The minimum Gasteiger partial charge on any atom is -0.496 e. The summed E-state index contributed by atoms with van der Waals surface area (Å²) in [5.41, 5.74) is 9.71. The Morgan fingerprint density at radius 2 is 2.28 bits per heavy atom. The van der Waals surface area contributed by atoms with Gasteiger partial charge in [-0.2, -0.15) is 5.10 Å². The average Bonchev–Trinajstić information content (AvgIpc) is 3.25. The van der Waals surface area contributed by atoms with Crippen molar-refractivity contribution in [2.75, 3.05) is 13.7 Å². The molecule has 0 saturated heterocycles. The number of allylic oxidation sites excluding steroid dienone is 1. The normalized spacial score (nSPS) is 16.4. The van der Waals surface area contributed by atoms with Crippen molar-refractivity contribution in [3.63, 3.8) is 0 Å². The summed E-state index contributed by atoms with van der Waals surface area (Å²) in [5.74, 6) is 2.00. The summed E-state index contributed by atoms with van der Waals surface area (Å²) in [6.45, 7) is 5.79. The lowest BCUT2D eigenvalue weighted by atomic mass is 10.1. The smallest absolute Gasteiger partial charge is 0.157 e. The summed E-state index contributed by atoms with van der Waals surface area (Å²) in [5, 5.41) is 7.56. The van der Waals surface area contributed by atoms with Crippen LogP contribution in [0.4, 0.5) is 0 Å². The average molecular weight is 410 g/mol. The van der Waals surface area contributed by atoms with Gasteiger partial charge in [0.15, 0.2) is 5.65 Å². The highest BCUT2D eigenvalue weighted by molar-refractivity contribution is 7.10. The molecule has 1 unspecified atom stereocenters. The molecule has 2 N–H and O–H groups in total. The van der Waals surface area contributed by atoms with Gasteiger partial charge in [0.2, 0.25) is 0 Å². The number of nitrogens with two attached hydrogens (primary N) is 1. The van der Waals surface area contributed by atoms with Crippen LogP contribution in [0.5, 0.6) is 5.75 Å². The molecular weight excluding hydrogens is 382 g/mol. The van der Waals surface area contributed by atoms with E-state index < -0.39 is 0 Å². The Morgan fingerprint density at radius 1 is 1.45 bits per heavy atom. The van der Waals surface area contributed by atoms with E-state index in [2.05, 4.69) is 28.5 Å². The summed E-state index contributed by atoms with van der Waals surface area (Å²) < 4.78 is 7.42. The summed E-state index contributed by atoms with van der Waals surface area (Å²) in [4.78, 5) is 10.5. The van der Waals surface area contributed by atoms with Gasteiger partial charge in [0.05, 0.1) is 18.2 Å². The molecule has 152 valence electrons. The summed E-state index contributed by atoms with van der Waals surface area (Å²) in [6, 6.07) is 4.05. The predicted octanol–water partition coefficient (Wildman–Crippen LogP) is 4.48. The molecule has 1 aliphatic carbocycles. The first-order valence-electron chi connectivity index (χ1n) is 9.96. The van der Waals surface area contributed by atoms with Crippen molar-refractivity contribution in [3.05, 3.63) is 46.4 Å². The van der Waals surface area contributed by atoms with Crippen LogP contribution in [0.25, 0.3) is 16.7 Å². The Kier molecular flexibility index (Phi) is 5.67. The fraction of sp³-hybridized carbons (Fsp3) is 0.409. The van der Waals surface area contributed by atoms with Crippen molar-refractivity contribution in [1.82, 2.24) is 14.8 Å². The van der Waals surface area contributed by atoms with Crippen molar-refractivity contribution in [2.45, 2.75) is 39.2 Å². The van der Waals surface area contributed by atoms with Gasteiger partial charge in [-0.05, 0) is 49.3 Å². The molecule has 1 aliphatic rings. The van der Waals surface area contributed by atoms with Crippen LogP contribution in [0.3, 0.4) is 0 Å². The molecule has 0 radical (unpaired) electrons. The Bertz CT molecular complexity index is 1060. The zero-order valence-corrected chi connectivity index (χ0v) is 17.9. The number of hydrogen-bond donors (Lipinski definition) is 1. The first-order valence-corrected chi connectivity index (χ1v) is 10.8. The first-order chi connectivity index (χ1) is 14.0. The van der Waals surface area contributed by atoms with E-state index in [1.807, 2.05) is 36.1 Å². The van der Waals surface area contributed by atoms with E-state index in [4.69, 9.17) is 15.5 Å². The zero-order valence-electron chi connectivity index (χ0n) is 17.1. The quantitative estimate of drug-likeness (QED) is 0.557.